The van der Waals surface area contributed by atoms with Gasteiger partial charge in [-0.2, -0.15) is 4.31 Å². The maximum Gasteiger partial charge on any atom is 0.243 e. The first-order valence-corrected chi connectivity index (χ1v) is 8.75. The van der Waals surface area contributed by atoms with Gasteiger partial charge in [-0.15, -0.1) is 11.6 Å². The molecule has 1 fully saturated rings. The number of sulfonamides is 1. The van der Waals surface area contributed by atoms with Crippen molar-refractivity contribution in [2.75, 3.05) is 27.4 Å². The maximum absolute atomic E-state index is 12.8. The Morgan fingerprint density at radius 3 is 2.57 bits per heavy atom. The summed E-state index contributed by atoms with van der Waals surface area (Å²) in [5.74, 6) is 0.799. The van der Waals surface area contributed by atoms with Gasteiger partial charge in [0.15, 0.2) is 0 Å². The number of hydrogen-bond acceptors (Lipinski definition) is 4. The molecule has 0 spiro atoms. The molecule has 7 heteroatoms. The fraction of sp³-hybridized carbons (Fsp3) is 0.571. The van der Waals surface area contributed by atoms with Gasteiger partial charge in [-0.1, -0.05) is 0 Å². The molecule has 1 aliphatic carbocycles. The first-order valence-electron chi connectivity index (χ1n) is 6.78. The molecule has 0 amide bonds. The van der Waals surface area contributed by atoms with E-state index in [2.05, 4.69) is 0 Å². The first-order chi connectivity index (χ1) is 10.0. The summed E-state index contributed by atoms with van der Waals surface area (Å²) in [5, 5.41) is 0. The third kappa shape index (κ3) is 3.69. The van der Waals surface area contributed by atoms with Crippen LogP contribution in [0, 0.1) is 0 Å². The van der Waals surface area contributed by atoms with Gasteiger partial charge in [0.05, 0.1) is 24.5 Å². The predicted molar refractivity (Wildman–Crippen MR) is 81.3 cm³/mol. The standard InChI is InChI=1S/C14H20ClNO4S/c1-19-8-7-16(12-3-4-12)21(17,18)13-5-6-14(20-2)11(9-13)10-15/h5-6,9,12H,3-4,7-8,10H2,1-2H3. The molecule has 0 aromatic heterocycles. The number of alkyl halides is 1. The number of halogens is 1. The molecule has 0 aliphatic heterocycles. The van der Waals surface area contributed by atoms with Crippen LogP contribution in [0.15, 0.2) is 23.1 Å². The largest absolute Gasteiger partial charge is 0.496 e. The fourth-order valence-corrected chi connectivity index (χ4v) is 4.13. The number of rotatable bonds is 8. The van der Waals surface area contributed by atoms with Crippen LogP contribution in [0.4, 0.5) is 0 Å². The number of benzene rings is 1. The Morgan fingerprint density at radius 2 is 2.05 bits per heavy atom. The topological polar surface area (TPSA) is 55.8 Å². The smallest absolute Gasteiger partial charge is 0.243 e. The second kappa shape index (κ2) is 6.96. The molecule has 118 valence electrons. The number of nitrogens with zero attached hydrogens (tertiary/aromatic N) is 1. The molecule has 1 aromatic carbocycles. The molecule has 1 saturated carbocycles. The minimum absolute atomic E-state index is 0.0895. The minimum atomic E-state index is -3.53. The molecule has 0 saturated heterocycles. The molecule has 0 N–H and O–H groups in total. The van der Waals surface area contributed by atoms with Crippen molar-refractivity contribution in [2.45, 2.75) is 29.7 Å². The van der Waals surface area contributed by atoms with Crippen molar-refractivity contribution < 1.29 is 17.9 Å². The van der Waals surface area contributed by atoms with Crippen molar-refractivity contribution in [3.63, 3.8) is 0 Å². The van der Waals surface area contributed by atoms with Gasteiger partial charge in [0.2, 0.25) is 10.0 Å². The molecule has 0 bridgehead atoms. The highest BCUT2D eigenvalue weighted by Crippen LogP contribution is 2.33. The van der Waals surface area contributed by atoms with Crippen LogP contribution in [-0.2, 0) is 20.6 Å². The van der Waals surface area contributed by atoms with Crippen molar-refractivity contribution >= 4 is 21.6 Å². The lowest BCUT2D eigenvalue weighted by Crippen LogP contribution is -2.35. The summed E-state index contributed by atoms with van der Waals surface area (Å²) in [6.45, 7) is 0.750. The Kier molecular flexibility index (Phi) is 5.48. The molecule has 2 rings (SSSR count). The van der Waals surface area contributed by atoms with Gasteiger partial charge >= 0.3 is 0 Å². The van der Waals surface area contributed by atoms with Crippen LogP contribution < -0.4 is 4.74 Å². The summed E-state index contributed by atoms with van der Waals surface area (Å²) in [6.07, 6.45) is 1.81. The quantitative estimate of drug-likeness (QED) is 0.685. The second-order valence-corrected chi connectivity index (χ2v) is 7.10. The number of ether oxygens (including phenoxy) is 2. The van der Waals surface area contributed by atoms with Crippen molar-refractivity contribution in [2.24, 2.45) is 0 Å². The van der Waals surface area contributed by atoms with E-state index in [0.29, 0.717) is 24.5 Å². The maximum atomic E-state index is 12.8. The highest BCUT2D eigenvalue weighted by molar-refractivity contribution is 7.89. The monoisotopic (exact) mass is 333 g/mol. The average molecular weight is 334 g/mol. The zero-order valence-electron chi connectivity index (χ0n) is 12.2. The highest BCUT2D eigenvalue weighted by atomic mass is 35.5. The van der Waals surface area contributed by atoms with E-state index >= 15 is 0 Å². The molecular weight excluding hydrogens is 314 g/mol. The fourth-order valence-electron chi connectivity index (χ4n) is 2.20. The Labute approximate surface area is 130 Å². The van der Waals surface area contributed by atoms with E-state index in [1.54, 1.807) is 25.3 Å². The van der Waals surface area contributed by atoms with Crippen molar-refractivity contribution in [3.8, 4) is 5.75 Å². The molecular formula is C14H20ClNO4S. The molecule has 0 unspecified atom stereocenters. The summed E-state index contributed by atoms with van der Waals surface area (Å²) in [5.41, 5.74) is 0.669. The van der Waals surface area contributed by atoms with Crippen LogP contribution >= 0.6 is 11.6 Å². The molecule has 0 heterocycles. The minimum Gasteiger partial charge on any atom is -0.496 e. The van der Waals surface area contributed by atoms with Crippen molar-refractivity contribution in [1.82, 2.24) is 4.31 Å². The summed E-state index contributed by atoms with van der Waals surface area (Å²) in [6, 6.07) is 4.88. The summed E-state index contributed by atoms with van der Waals surface area (Å²) < 4.78 is 37.3. The predicted octanol–water partition coefficient (Wildman–Crippen LogP) is 2.23. The molecule has 0 atom stereocenters. The third-order valence-electron chi connectivity index (χ3n) is 3.47. The van der Waals surface area contributed by atoms with Crippen LogP contribution in [0.1, 0.15) is 18.4 Å². The average Bonchev–Trinajstić information content (AvgIpc) is 3.31. The molecule has 21 heavy (non-hydrogen) atoms. The number of methoxy groups -OCH3 is 2. The van der Waals surface area contributed by atoms with Gasteiger partial charge in [-0.3, -0.25) is 0 Å². The zero-order chi connectivity index (χ0) is 15.5. The summed E-state index contributed by atoms with van der Waals surface area (Å²) in [7, 11) is -0.426. The first kappa shape index (κ1) is 16.5. The van der Waals surface area contributed by atoms with Gasteiger partial charge < -0.3 is 9.47 Å². The van der Waals surface area contributed by atoms with Gasteiger partial charge in [0.25, 0.3) is 0 Å². The molecule has 5 nitrogen and oxygen atoms in total. The van der Waals surface area contributed by atoms with Gasteiger partial charge in [0, 0.05) is 25.3 Å². The Morgan fingerprint density at radius 1 is 1.33 bits per heavy atom. The van der Waals surface area contributed by atoms with Gasteiger partial charge in [0.1, 0.15) is 5.75 Å². The molecule has 1 aliphatic rings. The van der Waals surface area contributed by atoms with Crippen molar-refractivity contribution in [1.29, 1.82) is 0 Å². The van der Waals surface area contributed by atoms with E-state index in [1.807, 2.05) is 0 Å². The zero-order valence-corrected chi connectivity index (χ0v) is 13.8. The molecule has 0 radical (unpaired) electrons. The normalized spacial score (nSPS) is 15.4. The van der Waals surface area contributed by atoms with Gasteiger partial charge in [-0.05, 0) is 31.0 Å². The Hall–Kier alpha value is -0.820. The lowest BCUT2D eigenvalue weighted by atomic mass is 10.2. The Balaban J connectivity index is 2.32. The number of hydrogen-bond donors (Lipinski definition) is 0. The third-order valence-corrected chi connectivity index (χ3v) is 5.71. The van der Waals surface area contributed by atoms with E-state index < -0.39 is 10.0 Å². The van der Waals surface area contributed by atoms with Crippen LogP contribution in [0.25, 0.3) is 0 Å². The second-order valence-electron chi connectivity index (χ2n) is 4.95. The van der Waals surface area contributed by atoms with Crippen molar-refractivity contribution in [3.05, 3.63) is 23.8 Å². The summed E-state index contributed by atoms with van der Waals surface area (Å²) >= 11 is 5.86. The lowest BCUT2D eigenvalue weighted by Gasteiger charge is -2.22. The lowest BCUT2D eigenvalue weighted by molar-refractivity contribution is 0.177. The van der Waals surface area contributed by atoms with Crippen LogP contribution in [0.2, 0.25) is 0 Å². The van der Waals surface area contributed by atoms with Crippen LogP contribution in [0.5, 0.6) is 5.75 Å². The summed E-state index contributed by atoms with van der Waals surface area (Å²) in [4.78, 5) is 0.252. The van der Waals surface area contributed by atoms with E-state index in [9.17, 15) is 8.42 Å². The highest BCUT2D eigenvalue weighted by Gasteiger charge is 2.37. The van der Waals surface area contributed by atoms with E-state index in [4.69, 9.17) is 21.1 Å². The van der Waals surface area contributed by atoms with Crippen LogP contribution in [0.3, 0.4) is 0 Å². The van der Waals surface area contributed by atoms with Gasteiger partial charge in [-0.25, -0.2) is 8.42 Å². The SMILES string of the molecule is COCCN(C1CC1)S(=O)(=O)c1ccc(OC)c(CCl)c1. The van der Waals surface area contributed by atoms with E-state index in [0.717, 1.165) is 12.8 Å². The Bertz CT molecular complexity index is 587. The van der Waals surface area contributed by atoms with E-state index in [-0.39, 0.29) is 16.8 Å². The molecule has 1 aromatic rings. The van der Waals surface area contributed by atoms with Crippen LogP contribution in [-0.4, -0.2) is 46.1 Å². The van der Waals surface area contributed by atoms with E-state index in [1.165, 1.54) is 11.4 Å².